The van der Waals surface area contributed by atoms with E-state index in [9.17, 15) is 0 Å². The van der Waals surface area contributed by atoms with Crippen LogP contribution < -0.4 is 5.73 Å². The summed E-state index contributed by atoms with van der Waals surface area (Å²) in [4.78, 5) is 2.42. The van der Waals surface area contributed by atoms with Crippen molar-refractivity contribution in [3.8, 4) is 0 Å². The summed E-state index contributed by atoms with van der Waals surface area (Å²) >= 11 is 0. The van der Waals surface area contributed by atoms with Gasteiger partial charge in [0.05, 0.1) is 13.2 Å². The van der Waals surface area contributed by atoms with Crippen molar-refractivity contribution < 1.29 is 9.47 Å². The monoisotopic (exact) mass is 232 g/mol. The van der Waals surface area contributed by atoms with Gasteiger partial charge in [-0.25, -0.2) is 0 Å². The minimum absolute atomic E-state index is 0.457. The Hall–Kier alpha value is -0.160. The Morgan fingerprint density at radius 3 is 2.38 bits per heavy atom. The maximum absolute atomic E-state index is 5.48. The fourth-order valence-electron chi connectivity index (χ4n) is 1.74. The van der Waals surface area contributed by atoms with E-state index in [0.29, 0.717) is 6.04 Å². The molecule has 0 amide bonds. The van der Waals surface area contributed by atoms with Gasteiger partial charge in [-0.3, -0.25) is 4.90 Å². The van der Waals surface area contributed by atoms with E-state index < -0.39 is 0 Å². The Labute approximate surface area is 100 Å². The highest BCUT2D eigenvalue weighted by molar-refractivity contribution is 4.66. The van der Waals surface area contributed by atoms with E-state index in [1.807, 2.05) is 0 Å². The molecule has 0 aliphatic rings. The highest BCUT2D eigenvalue weighted by Crippen LogP contribution is 2.04. The number of nitrogens with two attached hydrogens (primary N) is 1. The van der Waals surface area contributed by atoms with Crippen LogP contribution in [0.2, 0.25) is 0 Å². The summed E-state index contributed by atoms with van der Waals surface area (Å²) in [5, 5.41) is 0. The number of unbranched alkanes of at least 4 members (excludes halogenated alkanes) is 2. The molecule has 0 saturated heterocycles. The average Bonchev–Trinajstić information content (AvgIpc) is 2.28. The van der Waals surface area contributed by atoms with Crippen LogP contribution in [0.25, 0.3) is 0 Å². The molecule has 16 heavy (non-hydrogen) atoms. The van der Waals surface area contributed by atoms with Gasteiger partial charge in [0.25, 0.3) is 0 Å². The maximum atomic E-state index is 5.48. The third-order valence-corrected chi connectivity index (χ3v) is 2.76. The van der Waals surface area contributed by atoms with Crippen molar-refractivity contribution >= 4 is 0 Å². The second-order valence-corrected chi connectivity index (χ2v) is 4.18. The number of ether oxygens (including phenoxy) is 2. The van der Waals surface area contributed by atoms with Gasteiger partial charge in [-0.15, -0.1) is 0 Å². The van der Waals surface area contributed by atoms with Gasteiger partial charge in [0, 0.05) is 26.8 Å². The standard InChI is InChI=1S/C12H28N2O2/c1-12(11-16-3)14(9-10-15-2)8-6-4-5-7-13/h12H,4-11,13H2,1-3H3. The van der Waals surface area contributed by atoms with Gasteiger partial charge < -0.3 is 15.2 Å². The largest absolute Gasteiger partial charge is 0.383 e. The molecule has 0 aliphatic carbocycles. The highest BCUT2D eigenvalue weighted by atomic mass is 16.5. The maximum Gasteiger partial charge on any atom is 0.0615 e. The molecule has 0 spiro atoms. The van der Waals surface area contributed by atoms with Crippen molar-refractivity contribution in [1.82, 2.24) is 4.90 Å². The number of nitrogens with zero attached hydrogens (tertiary/aromatic N) is 1. The lowest BCUT2D eigenvalue weighted by molar-refractivity contribution is 0.0740. The van der Waals surface area contributed by atoms with Crippen molar-refractivity contribution in [2.75, 3.05) is 47.1 Å². The second-order valence-electron chi connectivity index (χ2n) is 4.18. The van der Waals surface area contributed by atoms with Crippen LogP contribution >= 0.6 is 0 Å². The average molecular weight is 232 g/mol. The molecule has 0 aromatic heterocycles. The van der Waals surface area contributed by atoms with Crippen molar-refractivity contribution in [2.45, 2.75) is 32.2 Å². The van der Waals surface area contributed by atoms with Crippen LogP contribution in [-0.2, 0) is 9.47 Å². The Bertz CT molecular complexity index is 145. The molecular weight excluding hydrogens is 204 g/mol. The Balaban J connectivity index is 3.79. The van der Waals surface area contributed by atoms with Crippen molar-refractivity contribution in [1.29, 1.82) is 0 Å². The van der Waals surface area contributed by atoms with Gasteiger partial charge in [0.15, 0.2) is 0 Å². The molecule has 0 heterocycles. The lowest BCUT2D eigenvalue weighted by Crippen LogP contribution is -2.39. The van der Waals surface area contributed by atoms with Crippen LogP contribution in [0.5, 0.6) is 0 Å². The lowest BCUT2D eigenvalue weighted by atomic mass is 10.2. The first-order chi connectivity index (χ1) is 7.76. The third-order valence-electron chi connectivity index (χ3n) is 2.76. The predicted molar refractivity (Wildman–Crippen MR) is 67.7 cm³/mol. The van der Waals surface area contributed by atoms with Gasteiger partial charge in [0.2, 0.25) is 0 Å². The molecule has 0 aliphatic heterocycles. The predicted octanol–water partition coefficient (Wildman–Crippen LogP) is 1.10. The van der Waals surface area contributed by atoms with Crippen LogP contribution in [0.4, 0.5) is 0 Å². The Kier molecular flexibility index (Phi) is 11.2. The second kappa shape index (κ2) is 11.3. The molecule has 0 saturated carbocycles. The summed E-state index contributed by atoms with van der Waals surface area (Å²) in [6.45, 7) is 6.64. The SMILES string of the molecule is COCCN(CCCCCN)C(C)COC. The zero-order valence-corrected chi connectivity index (χ0v) is 11.1. The minimum atomic E-state index is 0.457. The molecule has 1 atom stereocenters. The normalized spacial score (nSPS) is 13.3. The summed E-state index contributed by atoms with van der Waals surface area (Å²) in [6.07, 6.45) is 3.53. The zero-order chi connectivity index (χ0) is 12.2. The van der Waals surface area contributed by atoms with Crippen LogP contribution in [-0.4, -0.2) is 58.0 Å². The molecule has 98 valence electrons. The first-order valence-electron chi connectivity index (χ1n) is 6.18. The van der Waals surface area contributed by atoms with Gasteiger partial charge in [0.1, 0.15) is 0 Å². The molecule has 1 unspecified atom stereocenters. The quantitative estimate of drug-likeness (QED) is 0.542. The molecule has 2 N–H and O–H groups in total. The van der Waals surface area contributed by atoms with Crippen LogP contribution in [0.15, 0.2) is 0 Å². The van der Waals surface area contributed by atoms with Crippen LogP contribution in [0.1, 0.15) is 26.2 Å². The lowest BCUT2D eigenvalue weighted by Gasteiger charge is -2.28. The molecule has 4 nitrogen and oxygen atoms in total. The molecule has 0 fully saturated rings. The first-order valence-corrected chi connectivity index (χ1v) is 6.18. The summed E-state index contributed by atoms with van der Waals surface area (Å²) in [6, 6.07) is 0.457. The minimum Gasteiger partial charge on any atom is -0.383 e. The molecule has 4 heteroatoms. The Morgan fingerprint density at radius 2 is 1.81 bits per heavy atom. The molecule has 0 rings (SSSR count). The van der Waals surface area contributed by atoms with E-state index in [0.717, 1.165) is 39.3 Å². The van der Waals surface area contributed by atoms with E-state index in [4.69, 9.17) is 15.2 Å². The van der Waals surface area contributed by atoms with Gasteiger partial charge >= 0.3 is 0 Å². The van der Waals surface area contributed by atoms with Gasteiger partial charge in [-0.05, 0) is 32.9 Å². The van der Waals surface area contributed by atoms with Gasteiger partial charge in [-0.1, -0.05) is 6.42 Å². The van der Waals surface area contributed by atoms with Crippen molar-refractivity contribution in [3.63, 3.8) is 0 Å². The topological polar surface area (TPSA) is 47.7 Å². The number of methoxy groups -OCH3 is 2. The molecule has 0 bridgehead atoms. The van der Waals surface area contributed by atoms with E-state index in [1.165, 1.54) is 12.8 Å². The molecule has 0 aromatic carbocycles. The molecule has 0 radical (unpaired) electrons. The molecular formula is C12H28N2O2. The summed E-state index contributed by atoms with van der Waals surface area (Å²) in [7, 11) is 3.49. The van der Waals surface area contributed by atoms with Crippen LogP contribution in [0, 0.1) is 0 Å². The van der Waals surface area contributed by atoms with Crippen LogP contribution in [0.3, 0.4) is 0 Å². The summed E-state index contributed by atoms with van der Waals surface area (Å²) in [5.74, 6) is 0. The summed E-state index contributed by atoms with van der Waals surface area (Å²) < 4.78 is 10.3. The molecule has 0 aromatic rings. The van der Waals surface area contributed by atoms with Crippen molar-refractivity contribution in [2.24, 2.45) is 5.73 Å². The van der Waals surface area contributed by atoms with E-state index in [-0.39, 0.29) is 0 Å². The van der Waals surface area contributed by atoms with E-state index >= 15 is 0 Å². The highest BCUT2D eigenvalue weighted by Gasteiger charge is 2.12. The first kappa shape index (κ1) is 15.8. The fourth-order valence-corrected chi connectivity index (χ4v) is 1.74. The Morgan fingerprint density at radius 1 is 1.06 bits per heavy atom. The smallest absolute Gasteiger partial charge is 0.0615 e. The van der Waals surface area contributed by atoms with E-state index in [1.54, 1.807) is 14.2 Å². The number of hydrogen-bond donors (Lipinski definition) is 1. The van der Waals surface area contributed by atoms with Crippen molar-refractivity contribution in [3.05, 3.63) is 0 Å². The van der Waals surface area contributed by atoms with E-state index in [2.05, 4.69) is 11.8 Å². The number of hydrogen-bond acceptors (Lipinski definition) is 4. The van der Waals surface area contributed by atoms with Gasteiger partial charge in [-0.2, -0.15) is 0 Å². The summed E-state index contributed by atoms with van der Waals surface area (Å²) in [5.41, 5.74) is 5.48. The zero-order valence-electron chi connectivity index (χ0n) is 11.1. The fraction of sp³-hybridized carbons (Fsp3) is 1.00. The third kappa shape index (κ3) is 8.05. The number of rotatable bonds is 11.